The van der Waals surface area contributed by atoms with Gasteiger partial charge in [0.25, 0.3) is 0 Å². The summed E-state index contributed by atoms with van der Waals surface area (Å²) in [5.41, 5.74) is 0. The molecule has 0 saturated heterocycles. The van der Waals surface area contributed by atoms with Gasteiger partial charge in [-0.1, -0.05) is 13.8 Å². The highest BCUT2D eigenvalue weighted by atomic mass is 16.3. The van der Waals surface area contributed by atoms with Crippen LogP contribution in [0.4, 0.5) is 11.6 Å². The minimum atomic E-state index is 0.0642. The van der Waals surface area contributed by atoms with Crippen LogP contribution in [0.1, 0.15) is 51.2 Å². The highest BCUT2D eigenvalue weighted by molar-refractivity contribution is 5.48. The number of furan rings is 1. The first kappa shape index (κ1) is 14.4. The molecule has 5 nitrogen and oxygen atoms in total. The van der Waals surface area contributed by atoms with Crippen molar-refractivity contribution in [1.82, 2.24) is 9.97 Å². The molecule has 2 aromatic rings. The topological polar surface area (TPSA) is 63.0 Å². The predicted molar refractivity (Wildman–Crippen MR) is 81.0 cm³/mol. The Morgan fingerprint density at radius 3 is 2.55 bits per heavy atom. The van der Waals surface area contributed by atoms with Gasteiger partial charge in [-0.25, -0.2) is 9.97 Å². The van der Waals surface area contributed by atoms with Gasteiger partial charge < -0.3 is 15.1 Å². The van der Waals surface area contributed by atoms with Gasteiger partial charge in [0.2, 0.25) is 0 Å². The van der Waals surface area contributed by atoms with Crippen molar-refractivity contribution in [3.63, 3.8) is 0 Å². The number of nitrogens with zero attached hydrogens (tertiary/aromatic N) is 2. The second-order valence-corrected chi connectivity index (χ2v) is 5.06. The minimum absolute atomic E-state index is 0.0642. The fourth-order valence-electron chi connectivity index (χ4n) is 1.90. The second-order valence-electron chi connectivity index (χ2n) is 5.06. The number of aromatic nitrogens is 2. The molecule has 0 radical (unpaired) electrons. The Hall–Kier alpha value is -2.04. The summed E-state index contributed by atoms with van der Waals surface area (Å²) in [6.45, 7) is 9.11. The summed E-state index contributed by atoms with van der Waals surface area (Å²) in [6.07, 6.45) is 1.68. The smallest absolute Gasteiger partial charge is 0.135 e. The molecule has 2 aromatic heterocycles. The van der Waals surface area contributed by atoms with E-state index in [0.717, 1.165) is 29.8 Å². The van der Waals surface area contributed by atoms with Crippen molar-refractivity contribution in [2.45, 2.75) is 39.7 Å². The van der Waals surface area contributed by atoms with Crippen LogP contribution in [-0.2, 0) is 0 Å². The van der Waals surface area contributed by atoms with Crippen LogP contribution in [0.5, 0.6) is 0 Å². The van der Waals surface area contributed by atoms with Crippen molar-refractivity contribution in [1.29, 1.82) is 0 Å². The van der Waals surface area contributed by atoms with Crippen LogP contribution in [0.25, 0.3) is 0 Å². The molecule has 0 aliphatic rings. The Kier molecular flexibility index (Phi) is 4.61. The standard InChI is InChI=1S/C15H22N4O/c1-5-16-13-9-14(19-15(18-13)10(2)3)17-11(4)12-7-6-8-20-12/h6-11H,5H2,1-4H3,(H2,16,17,18,19). The van der Waals surface area contributed by atoms with Gasteiger partial charge in [-0.2, -0.15) is 0 Å². The molecule has 0 fully saturated rings. The van der Waals surface area contributed by atoms with E-state index in [2.05, 4.69) is 41.4 Å². The zero-order valence-electron chi connectivity index (χ0n) is 12.5. The quantitative estimate of drug-likeness (QED) is 0.839. The molecule has 108 valence electrons. The average molecular weight is 274 g/mol. The van der Waals surface area contributed by atoms with E-state index in [-0.39, 0.29) is 12.0 Å². The van der Waals surface area contributed by atoms with Crippen LogP contribution in [-0.4, -0.2) is 16.5 Å². The van der Waals surface area contributed by atoms with Crippen LogP contribution in [0, 0.1) is 0 Å². The molecule has 0 aliphatic heterocycles. The van der Waals surface area contributed by atoms with Crippen LogP contribution in [0.15, 0.2) is 28.9 Å². The average Bonchev–Trinajstić information content (AvgIpc) is 2.92. The van der Waals surface area contributed by atoms with Crippen LogP contribution in [0.2, 0.25) is 0 Å². The maximum Gasteiger partial charge on any atom is 0.135 e. The predicted octanol–water partition coefficient (Wildman–Crippen LogP) is 3.80. The number of rotatable bonds is 6. The number of hydrogen-bond donors (Lipinski definition) is 2. The van der Waals surface area contributed by atoms with Crippen molar-refractivity contribution in [3.05, 3.63) is 36.0 Å². The van der Waals surface area contributed by atoms with Gasteiger partial charge in [0, 0.05) is 18.5 Å². The highest BCUT2D eigenvalue weighted by Crippen LogP contribution is 2.22. The normalized spacial score (nSPS) is 12.4. The van der Waals surface area contributed by atoms with Gasteiger partial charge in [-0.15, -0.1) is 0 Å². The minimum Gasteiger partial charge on any atom is -0.467 e. The zero-order chi connectivity index (χ0) is 14.5. The molecule has 20 heavy (non-hydrogen) atoms. The molecule has 0 aromatic carbocycles. The first-order valence-corrected chi connectivity index (χ1v) is 7.03. The number of anilines is 2. The van der Waals surface area contributed by atoms with Crippen molar-refractivity contribution < 1.29 is 4.42 Å². The third-order valence-corrected chi connectivity index (χ3v) is 2.95. The Labute approximate surface area is 119 Å². The molecular weight excluding hydrogens is 252 g/mol. The van der Waals surface area contributed by atoms with Gasteiger partial charge in [0.1, 0.15) is 23.2 Å². The van der Waals surface area contributed by atoms with Gasteiger partial charge in [-0.05, 0) is 26.0 Å². The lowest BCUT2D eigenvalue weighted by Gasteiger charge is -2.15. The third kappa shape index (κ3) is 3.50. The summed E-state index contributed by atoms with van der Waals surface area (Å²) in [4.78, 5) is 9.07. The molecular formula is C15H22N4O. The molecule has 0 saturated carbocycles. The van der Waals surface area contributed by atoms with Crippen LogP contribution >= 0.6 is 0 Å². The van der Waals surface area contributed by atoms with E-state index in [9.17, 15) is 0 Å². The Morgan fingerprint density at radius 2 is 1.95 bits per heavy atom. The molecule has 1 unspecified atom stereocenters. The van der Waals surface area contributed by atoms with Gasteiger partial charge in [-0.3, -0.25) is 0 Å². The Morgan fingerprint density at radius 1 is 1.20 bits per heavy atom. The van der Waals surface area contributed by atoms with Crippen molar-refractivity contribution >= 4 is 11.6 Å². The first-order chi connectivity index (χ1) is 9.60. The lowest BCUT2D eigenvalue weighted by molar-refractivity contribution is 0.490. The summed E-state index contributed by atoms with van der Waals surface area (Å²) in [5.74, 6) is 3.66. The third-order valence-electron chi connectivity index (χ3n) is 2.95. The van der Waals surface area contributed by atoms with Gasteiger partial charge in [0.15, 0.2) is 0 Å². The molecule has 2 rings (SSSR count). The van der Waals surface area contributed by atoms with E-state index < -0.39 is 0 Å². The van der Waals surface area contributed by atoms with Gasteiger partial charge >= 0.3 is 0 Å². The zero-order valence-corrected chi connectivity index (χ0v) is 12.5. The lowest BCUT2D eigenvalue weighted by atomic mass is 10.2. The fraction of sp³-hybridized carbons (Fsp3) is 0.467. The highest BCUT2D eigenvalue weighted by Gasteiger charge is 2.12. The van der Waals surface area contributed by atoms with Crippen molar-refractivity contribution in [2.24, 2.45) is 0 Å². The monoisotopic (exact) mass is 274 g/mol. The molecule has 2 heterocycles. The Bertz CT molecular complexity index is 537. The molecule has 1 atom stereocenters. The molecule has 5 heteroatoms. The van der Waals surface area contributed by atoms with E-state index in [1.807, 2.05) is 25.1 Å². The fourth-order valence-corrected chi connectivity index (χ4v) is 1.90. The molecule has 0 aliphatic carbocycles. The maximum absolute atomic E-state index is 5.40. The van der Waals surface area contributed by atoms with E-state index in [1.54, 1.807) is 6.26 Å². The number of hydrogen-bond acceptors (Lipinski definition) is 5. The van der Waals surface area contributed by atoms with Crippen LogP contribution < -0.4 is 10.6 Å². The maximum atomic E-state index is 5.40. The molecule has 2 N–H and O–H groups in total. The van der Waals surface area contributed by atoms with Gasteiger partial charge in [0.05, 0.1) is 12.3 Å². The van der Waals surface area contributed by atoms with Crippen molar-refractivity contribution in [3.8, 4) is 0 Å². The van der Waals surface area contributed by atoms with E-state index in [4.69, 9.17) is 4.42 Å². The van der Waals surface area contributed by atoms with E-state index in [1.165, 1.54) is 0 Å². The Balaban J connectivity index is 2.21. The molecule has 0 amide bonds. The molecule has 0 bridgehead atoms. The van der Waals surface area contributed by atoms with E-state index in [0.29, 0.717) is 0 Å². The molecule has 0 spiro atoms. The lowest BCUT2D eigenvalue weighted by Crippen LogP contribution is -2.11. The first-order valence-electron chi connectivity index (χ1n) is 7.03. The number of nitrogens with one attached hydrogen (secondary N) is 2. The largest absolute Gasteiger partial charge is 0.467 e. The van der Waals surface area contributed by atoms with E-state index >= 15 is 0 Å². The second kappa shape index (κ2) is 6.41. The summed E-state index contributed by atoms with van der Waals surface area (Å²) < 4.78 is 5.40. The van der Waals surface area contributed by atoms with Crippen LogP contribution in [0.3, 0.4) is 0 Å². The summed E-state index contributed by atoms with van der Waals surface area (Å²) in [7, 11) is 0. The van der Waals surface area contributed by atoms with Crippen molar-refractivity contribution in [2.75, 3.05) is 17.2 Å². The SMILES string of the molecule is CCNc1cc(NC(C)c2ccco2)nc(C(C)C)n1. The summed E-state index contributed by atoms with van der Waals surface area (Å²) in [5, 5.41) is 6.59. The summed E-state index contributed by atoms with van der Waals surface area (Å²) in [6, 6.07) is 5.83. The summed E-state index contributed by atoms with van der Waals surface area (Å²) >= 11 is 0.